The Kier molecular flexibility index (Phi) is 3.45. The lowest BCUT2D eigenvalue weighted by molar-refractivity contribution is 0.417. The van der Waals surface area contributed by atoms with Crippen LogP contribution >= 0.6 is 0 Å². The van der Waals surface area contributed by atoms with Gasteiger partial charge < -0.3 is 10.5 Å². The second-order valence-electron chi connectivity index (χ2n) is 2.25. The Labute approximate surface area is 68.0 Å². The number of nitrogen functional groups attached to an aromatic ring is 1. The van der Waals surface area contributed by atoms with E-state index in [-0.39, 0.29) is 7.43 Å². The van der Waals surface area contributed by atoms with Gasteiger partial charge in [0.1, 0.15) is 5.75 Å². The van der Waals surface area contributed by atoms with Crippen molar-refractivity contribution in [2.24, 2.45) is 0 Å². The van der Waals surface area contributed by atoms with E-state index >= 15 is 0 Å². The van der Waals surface area contributed by atoms with Crippen LogP contribution in [-0.4, -0.2) is 7.11 Å². The fourth-order valence-electron chi connectivity index (χ4n) is 0.854. The van der Waals surface area contributed by atoms with E-state index < -0.39 is 0 Å². The zero-order chi connectivity index (χ0) is 7.56. The largest absolute Gasteiger partial charge is 0.495 e. The lowest BCUT2D eigenvalue weighted by Crippen LogP contribution is -1.91. The summed E-state index contributed by atoms with van der Waals surface area (Å²) in [4.78, 5) is 0. The molecule has 2 nitrogen and oxygen atoms in total. The number of hydrogen-bond donors (Lipinski definition) is 1. The molecule has 11 heavy (non-hydrogen) atoms. The van der Waals surface area contributed by atoms with E-state index in [1.165, 1.54) is 0 Å². The van der Waals surface area contributed by atoms with Gasteiger partial charge in [-0.15, -0.1) is 0 Å². The minimum absolute atomic E-state index is 0. The molecule has 0 fully saturated rings. The minimum Gasteiger partial charge on any atom is -0.495 e. The van der Waals surface area contributed by atoms with Crippen molar-refractivity contribution >= 4 is 5.69 Å². The van der Waals surface area contributed by atoms with Gasteiger partial charge >= 0.3 is 0 Å². The van der Waals surface area contributed by atoms with Crippen LogP contribution in [0.3, 0.4) is 0 Å². The second-order valence-corrected chi connectivity index (χ2v) is 2.25. The van der Waals surface area contributed by atoms with Gasteiger partial charge in [0.15, 0.2) is 0 Å². The first-order valence-electron chi connectivity index (χ1n) is 3.14. The van der Waals surface area contributed by atoms with Crippen LogP contribution in [-0.2, 0) is 0 Å². The Hall–Kier alpha value is -1.18. The van der Waals surface area contributed by atoms with Gasteiger partial charge in [0, 0.05) is 0 Å². The molecule has 1 aromatic carbocycles. The normalized spacial score (nSPS) is 8.55. The molecule has 0 radical (unpaired) electrons. The van der Waals surface area contributed by atoms with E-state index in [0.717, 1.165) is 11.3 Å². The molecule has 0 bridgehead atoms. The predicted molar refractivity (Wildman–Crippen MR) is 48.9 cm³/mol. The highest BCUT2D eigenvalue weighted by Gasteiger charge is 1.95. The molecule has 2 heteroatoms. The fraction of sp³-hybridized carbons (Fsp3) is 0.333. The van der Waals surface area contributed by atoms with Crippen LogP contribution in [0.4, 0.5) is 5.69 Å². The molecule has 1 aromatic rings. The van der Waals surface area contributed by atoms with Gasteiger partial charge in [0.05, 0.1) is 12.8 Å². The summed E-state index contributed by atoms with van der Waals surface area (Å²) in [7, 11) is 1.61. The molecule has 2 N–H and O–H groups in total. The molecule has 0 aliphatic carbocycles. The smallest absolute Gasteiger partial charge is 0.141 e. The standard InChI is InChI=1S/C8H11NO.CH4/c1-6-3-4-8(10-2)7(9)5-6;/h3-5H,9H2,1-2H3;1H4. The summed E-state index contributed by atoms with van der Waals surface area (Å²) in [5, 5.41) is 0. The van der Waals surface area contributed by atoms with Gasteiger partial charge in [-0.05, 0) is 24.6 Å². The van der Waals surface area contributed by atoms with Crippen LogP contribution < -0.4 is 10.5 Å². The summed E-state index contributed by atoms with van der Waals surface area (Å²) in [6, 6.07) is 5.72. The summed E-state index contributed by atoms with van der Waals surface area (Å²) in [5.74, 6) is 0.741. The number of benzene rings is 1. The highest BCUT2D eigenvalue weighted by Crippen LogP contribution is 2.20. The third-order valence-corrected chi connectivity index (χ3v) is 1.39. The summed E-state index contributed by atoms with van der Waals surface area (Å²) < 4.78 is 4.97. The average Bonchev–Trinajstić information content (AvgIpc) is 1.88. The molecule has 62 valence electrons. The van der Waals surface area contributed by atoms with E-state index in [1.807, 2.05) is 25.1 Å². The monoisotopic (exact) mass is 153 g/mol. The Morgan fingerprint density at radius 1 is 1.36 bits per heavy atom. The molecule has 1 rings (SSSR count). The highest BCUT2D eigenvalue weighted by atomic mass is 16.5. The van der Waals surface area contributed by atoms with Gasteiger partial charge in [0.25, 0.3) is 0 Å². The third kappa shape index (κ3) is 2.15. The number of anilines is 1. The van der Waals surface area contributed by atoms with E-state index in [1.54, 1.807) is 7.11 Å². The van der Waals surface area contributed by atoms with Gasteiger partial charge in [0.2, 0.25) is 0 Å². The first kappa shape index (κ1) is 9.82. The SMILES string of the molecule is C.COc1ccc(C)cc1N. The first-order valence-corrected chi connectivity index (χ1v) is 3.14. The summed E-state index contributed by atoms with van der Waals surface area (Å²) in [6.45, 7) is 2.00. The molecule has 0 saturated heterocycles. The number of nitrogens with two attached hydrogens (primary N) is 1. The number of hydrogen-bond acceptors (Lipinski definition) is 2. The molecular weight excluding hydrogens is 138 g/mol. The lowest BCUT2D eigenvalue weighted by atomic mass is 10.2. The number of rotatable bonds is 1. The molecular formula is C9H15NO. The molecule has 0 spiro atoms. The summed E-state index contributed by atoms with van der Waals surface area (Å²) >= 11 is 0. The maximum absolute atomic E-state index is 5.61. The highest BCUT2D eigenvalue weighted by molar-refractivity contribution is 5.53. The van der Waals surface area contributed by atoms with Crippen molar-refractivity contribution in [3.05, 3.63) is 23.8 Å². The molecule has 0 aromatic heterocycles. The maximum atomic E-state index is 5.61. The first-order chi connectivity index (χ1) is 4.74. The second kappa shape index (κ2) is 3.86. The molecule has 0 unspecified atom stereocenters. The van der Waals surface area contributed by atoms with Gasteiger partial charge in [-0.3, -0.25) is 0 Å². The van der Waals surface area contributed by atoms with Crippen LogP contribution in [0.1, 0.15) is 13.0 Å². The van der Waals surface area contributed by atoms with E-state index in [4.69, 9.17) is 10.5 Å². The Bertz CT molecular complexity index is 233. The summed E-state index contributed by atoms with van der Waals surface area (Å²) in [6.07, 6.45) is 0. The van der Waals surface area contributed by atoms with Crippen molar-refractivity contribution in [1.29, 1.82) is 0 Å². The topological polar surface area (TPSA) is 35.2 Å². The van der Waals surface area contributed by atoms with Gasteiger partial charge in [-0.2, -0.15) is 0 Å². The van der Waals surface area contributed by atoms with Crippen LogP contribution in [0, 0.1) is 6.92 Å². The van der Waals surface area contributed by atoms with Crippen LogP contribution in [0.25, 0.3) is 0 Å². The molecule has 0 aliphatic heterocycles. The zero-order valence-corrected chi connectivity index (χ0v) is 6.22. The zero-order valence-electron chi connectivity index (χ0n) is 6.22. The van der Waals surface area contributed by atoms with Crippen LogP contribution in [0.2, 0.25) is 0 Å². The Morgan fingerprint density at radius 3 is 2.45 bits per heavy atom. The van der Waals surface area contributed by atoms with Crippen molar-refractivity contribution in [3.63, 3.8) is 0 Å². The Balaban J connectivity index is 0.000001000. The lowest BCUT2D eigenvalue weighted by Gasteiger charge is -2.03. The summed E-state index contributed by atoms with van der Waals surface area (Å²) in [5.41, 5.74) is 7.45. The van der Waals surface area contributed by atoms with Crippen LogP contribution in [0.15, 0.2) is 18.2 Å². The van der Waals surface area contributed by atoms with Crippen molar-refractivity contribution in [1.82, 2.24) is 0 Å². The predicted octanol–water partition coefficient (Wildman–Crippen LogP) is 2.22. The third-order valence-electron chi connectivity index (χ3n) is 1.39. The fourth-order valence-corrected chi connectivity index (χ4v) is 0.854. The molecule has 0 heterocycles. The van der Waals surface area contributed by atoms with Crippen molar-refractivity contribution in [2.45, 2.75) is 14.4 Å². The minimum atomic E-state index is 0. The van der Waals surface area contributed by atoms with Crippen molar-refractivity contribution in [2.75, 3.05) is 12.8 Å². The van der Waals surface area contributed by atoms with Gasteiger partial charge in [-0.1, -0.05) is 13.5 Å². The quantitative estimate of drug-likeness (QED) is 0.628. The van der Waals surface area contributed by atoms with Crippen LogP contribution in [0.5, 0.6) is 5.75 Å². The molecule has 0 saturated carbocycles. The van der Waals surface area contributed by atoms with Gasteiger partial charge in [-0.25, -0.2) is 0 Å². The average molecular weight is 153 g/mol. The Morgan fingerprint density at radius 2 is 2.00 bits per heavy atom. The molecule has 0 aliphatic rings. The maximum Gasteiger partial charge on any atom is 0.141 e. The number of aryl methyl sites for hydroxylation is 1. The van der Waals surface area contributed by atoms with E-state index in [2.05, 4.69) is 0 Å². The number of methoxy groups -OCH3 is 1. The molecule has 0 amide bonds. The van der Waals surface area contributed by atoms with E-state index in [0.29, 0.717) is 5.69 Å². The van der Waals surface area contributed by atoms with E-state index in [9.17, 15) is 0 Å². The number of ether oxygens (including phenoxy) is 1. The molecule has 0 atom stereocenters. The van der Waals surface area contributed by atoms with Crippen molar-refractivity contribution < 1.29 is 4.74 Å². The van der Waals surface area contributed by atoms with Crippen molar-refractivity contribution in [3.8, 4) is 5.75 Å².